The Morgan fingerprint density at radius 2 is 1.36 bits per heavy atom. The van der Waals surface area contributed by atoms with E-state index in [0.717, 1.165) is 52.1 Å². The Bertz CT molecular complexity index is 1300. The molecule has 0 saturated heterocycles. The van der Waals surface area contributed by atoms with Crippen LogP contribution in [0.5, 0.6) is 17.2 Å². The molecule has 0 saturated carbocycles. The smallest absolute Gasteiger partial charge is 0.261 e. The summed E-state index contributed by atoms with van der Waals surface area (Å²) in [5, 5.41) is 2.59. The molecule has 0 fully saturated rings. The molecule has 0 heterocycles. The highest BCUT2D eigenvalue weighted by molar-refractivity contribution is 14.1. The van der Waals surface area contributed by atoms with Crippen molar-refractivity contribution in [3.8, 4) is 17.2 Å². The fraction of sp³-hybridized carbons (Fsp3) is 0.389. The van der Waals surface area contributed by atoms with Crippen LogP contribution in [0.3, 0.4) is 0 Å². The van der Waals surface area contributed by atoms with E-state index in [1.54, 1.807) is 21.3 Å². The van der Waals surface area contributed by atoms with Gasteiger partial charge in [0.1, 0.15) is 5.75 Å². The third-order valence-corrected chi connectivity index (χ3v) is 13.6. The fourth-order valence-electron chi connectivity index (χ4n) is 5.59. The minimum Gasteiger partial charge on any atom is -0.496 e. The maximum Gasteiger partial charge on any atom is 0.261 e. The molecule has 0 aromatic heterocycles. The van der Waals surface area contributed by atoms with Crippen LogP contribution in [0.4, 0.5) is 0 Å². The van der Waals surface area contributed by atoms with Crippen molar-refractivity contribution in [3.63, 3.8) is 0 Å². The molecule has 226 valence electrons. The van der Waals surface area contributed by atoms with Crippen molar-refractivity contribution in [1.29, 1.82) is 0 Å². The van der Waals surface area contributed by atoms with Crippen LogP contribution in [-0.2, 0) is 15.3 Å². The number of rotatable bonds is 14. The number of hydrogen-bond donors (Lipinski definition) is 0. The van der Waals surface area contributed by atoms with Gasteiger partial charge >= 0.3 is 0 Å². The molecular weight excluding hydrogens is 651 g/mol. The Kier molecular flexibility index (Phi) is 12.8. The quantitative estimate of drug-likeness (QED) is 0.0734. The molecule has 0 N–H and O–H groups in total. The maximum atomic E-state index is 7.10. The van der Waals surface area contributed by atoms with Gasteiger partial charge in [-0.25, -0.2) is 0 Å². The zero-order valence-corrected chi connectivity index (χ0v) is 29.7. The highest BCUT2D eigenvalue weighted by atomic mass is 127. The molecule has 0 aliphatic carbocycles. The number of benzene rings is 3. The summed E-state index contributed by atoms with van der Waals surface area (Å²) in [6.07, 6.45) is 7.25. The minimum atomic E-state index is -2.54. The fourth-order valence-corrected chi connectivity index (χ4v) is 10.8. The molecule has 3 rings (SSSR count). The van der Waals surface area contributed by atoms with Crippen LogP contribution in [-0.4, -0.2) is 36.3 Å². The first-order valence-corrected chi connectivity index (χ1v) is 18.0. The number of hydrogen-bond acceptors (Lipinski definition) is 4. The van der Waals surface area contributed by atoms with E-state index in [1.807, 2.05) is 0 Å². The zero-order valence-electron chi connectivity index (χ0n) is 26.6. The molecule has 0 spiro atoms. The van der Waals surface area contributed by atoms with Gasteiger partial charge in [-0.15, -0.1) is 0 Å². The summed E-state index contributed by atoms with van der Waals surface area (Å²) in [5.74, 6) is 2.37. The van der Waals surface area contributed by atoms with Gasteiger partial charge in [-0.2, -0.15) is 0 Å². The molecule has 4 nitrogen and oxygen atoms in total. The van der Waals surface area contributed by atoms with Gasteiger partial charge in [0.25, 0.3) is 8.32 Å². The van der Waals surface area contributed by atoms with Crippen molar-refractivity contribution < 1.29 is 18.6 Å². The lowest BCUT2D eigenvalue weighted by Crippen LogP contribution is -2.66. The Balaban J connectivity index is 1.75. The monoisotopic (exact) mass is 698 g/mol. The molecule has 3 aromatic rings. The first-order valence-electron chi connectivity index (χ1n) is 14.6. The lowest BCUT2D eigenvalue weighted by Gasteiger charge is -2.43. The second-order valence-corrected chi connectivity index (χ2v) is 16.8. The van der Waals surface area contributed by atoms with Crippen LogP contribution in [0.2, 0.25) is 5.04 Å². The largest absolute Gasteiger partial charge is 0.496 e. The van der Waals surface area contributed by atoms with Gasteiger partial charge < -0.3 is 18.6 Å². The predicted molar refractivity (Wildman–Crippen MR) is 188 cm³/mol. The lowest BCUT2D eigenvalue weighted by molar-refractivity contribution is 0.329. The standard InChI is InChI=1S/C36H47IO4Si/c1-27(22-23-32-33(38-6)24-29(25-37)34(39-7)35(32)40-8)16-15-17-28(2)26-41-42(36(3,4)5,30-18-11-9-12-19-30)31-20-13-10-14-21-31/h9-14,17-22,24H,15-16,23,25-26H2,1-8H3. The van der Waals surface area contributed by atoms with Gasteiger partial charge in [0, 0.05) is 15.6 Å². The minimum absolute atomic E-state index is 0.0327. The molecular formula is C36H47IO4Si. The summed E-state index contributed by atoms with van der Waals surface area (Å²) in [6.45, 7) is 12.0. The first-order chi connectivity index (χ1) is 20.1. The van der Waals surface area contributed by atoms with Crippen LogP contribution in [0.1, 0.15) is 58.6 Å². The highest BCUT2D eigenvalue weighted by Gasteiger charge is 2.50. The SMILES string of the molecule is COc1cc(CI)c(OC)c(OC)c1CC=C(C)CCC=C(C)CO[Si](c1ccccc1)(c1ccccc1)C(C)(C)C. The molecule has 0 bridgehead atoms. The Hall–Kier alpha value is -2.55. The van der Waals surface area contributed by atoms with Crippen LogP contribution in [0.15, 0.2) is 90.0 Å². The van der Waals surface area contributed by atoms with Crippen molar-refractivity contribution in [1.82, 2.24) is 0 Å². The molecule has 0 radical (unpaired) electrons. The van der Waals surface area contributed by atoms with Crippen molar-refractivity contribution in [2.45, 2.75) is 63.3 Å². The second kappa shape index (κ2) is 15.8. The molecule has 42 heavy (non-hydrogen) atoms. The third-order valence-electron chi connectivity index (χ3n) is 7.77. The van der Waals surface area contributed by atoms with Crippen LogP contribution < -0.4 is 24.6 Å². The Labute approximate surface area is 268 Å². The van der Waals surface area contributed by atoms with Gasteiger partial charge in [0.05, 0.1) is 27.9 Å². The van der Waals surface area contributed by atoms with Gasteiger partial charge in [0.2, 0.25) is 0 Å². The number of ether oxygens (including phenoxy) is 3. The number of allylic oxidation sites excluding steroid dienone is 3. The summed E-state index contributed by atoms with van der Waals surface area (Å²) in [5.41, 5.74) is 4.67. The summed E-state index contributed by atoms with van der Waals surface area (Å²) >= 11 is 2.34. The zero-order chi connectivity index (χ0) is 30.8. The summed E-state index contributed by atoms with van der Waals surface area (Å²) in [7, 11) is 2.55. The normalized spacial score (nSPS) is 12.8. The van der Waals surface area contributed by atoms with E-state index < -0.39 is 8.32 Å². The van der Waals surface area contributed by atoms with E-state index in [2.05, 4.69) is 136 Å². The van der Waals surface area contributed by atoms with Gasteiger partial charge in [-0.05, 0) is 54.6 Å². The van der Waals surface area contributed by atoms with E-state index >= 15 is 0 Å². The first kappa shape index (κ1) is 33.9. The van der Waals surface area contributed by atoms with Crippen LogP contribution in [0, 0.1) is 0 Å². The molecule has 0 unspecified atom stereocenters. The Morgan fingerprint density at radius 3 is 1.83 bits per heavy atom. The van der Waals surface area contributed by atoms with E-state index in [9.17, 15) is 0 Å². The number of halogens is 1. The van der Waals surface area contributed by atoms with Gasteiger partial charge in [-0.3, -0.25) is 0 Å². The molecule has 0 amide bonds. The maximum absolute atomic E-state index is 7.10. The average Bonchev–Trinajstić information content (AvgIpc) is 2.99. The third kappa shape index (κ3) is 7.88. The predicted octanol–water partition coefficient (Wildman–Crippen LogP) is 8.44. The molecule has 3 aromatic carbocycles. The van der Waals surface area contributed by atoms with E-state index in [1.165, 1.54) is 21.5 Å². The van der Waals surface area contributed by atoms with Crippen LogP contribution >= 0.6 is 22.6 Å². The van der Waals surface area contributed by atoms with Gasteiger partial charge in [0.15, 0.2) is 11.5 Å². The molecule has 0 aliphatic heterocycles. The number of methoxy groups -OCH3 is 3. The lowest BCUT2D eigenvalue weighted by atomic mass is 10.0. The van der Waals surface area contributed by atoms with E-state index in [0.29, 0.717) is 6.61 Å². The van der Waals surface area contributed by atoms with Crippen LogP contribution in [0.25, 0.3) is 0 Å². The molecule has 0 aliphatic rings. The topological polar surface area (TPSA) is 36.9 Å². The molecule has 6 heteroatoms. The van der Waals surface area contributed by atoms with Crippen molar-refractivity contribution in [2.75, 3.05) is 27.9 Å². The average molecular weight is 699 g/mol. The summed E-state index contributed by atoms with van der Waals surface area (Å²) in [4.78, 5) is 0. The highest BCUT2D eigenvalue weighted by Crippen LogP contribution is 2.42. The second-order valence-electron chi connectivity index (χ2n) is 11.7. The van der Waals surface area contributed by atoms with Crippen molar-refractivity contribution >= 4 is 41.3 Å². The van der Waals surface area contributed by atoms with Crippen molar-refractivity contribution in [3.05, 3.63) is 101 Å². The molecule has 0 atom stereocenters. The van der Waals surface area contributed by atoms with E-state index in [-0.39, 0.29) is 5.04 Å². The summed E-state index contributed by atoms with van der Waals surface area (Å²) in [6, 6.07) is 23.7. The summed E-state index contributed by atoms with van der Waals surface area (Å²) < 4.78 is 25.1. The van der Waals surface area contributed by atoms with Crippen molar-refractivity contribution in [2.24, 2.45) is 0 Å². The van der Waals surface area contributed by atoms with E-state index in [4.69, 9.17) is 18.6 Å². The Morgan fingerprint density at radius 1 is 0.786 bits per heavy atom. The van der Waals surface area contributed by atoms with Gasteiger partial charge in [-0.1, -0.05) is 127 Å². The number of alkyl halides is 1.